The number of aromatic hydroxyl groups is 1. The molecule has 5 aromatic carbocycles. The van der Waals surface area contributed by atoms with Crippen molar-refractivity contribution in [3.8, 4) is 45.2 Å². The minimum atomic E-state index is -0.277. The van der Waals surface area contributed by atoms with Gasteiger partial charge in [-0.2, -0.15) is 0 Å². The maximum Gasteiger partial charge on any atom is 0.149 e. The van der Waals surface area contributed by atoms with Gasteiger partial charge in [0.15, 0.2) is 0 Å². The van der Waals surface area contributed by atoms with Gasteiger partial charge in [-0.1, -0.05) is 149 Å². The topological polar surface area (TPSA) is 50.9 Å². The lowest BCUT2D eigenvalue weighted by atomic mass is 9.78. The van der Waals surface area contributed by atoms with E-state index in [2.05, 4.69) is 196 Å². The molecule has 1 N–H and O–H groups in total. The molecule has 0 saturated carbocycles. The largest absolute Gasteiger partial charge is 0.507 e. The van der Waals surface area contributed by atoms with E-state index in [1.54, 1.807) is 0 Å². The number of rotatable bonds is 6. The second-order valence-corrected chi connectivity index (χ2v) is 18.7. The van der Waals surface area contributed by atoms with Gasteiger partial charge in [0.1, 0.15) is 11.6 Å². The first-order valence-electron chi connectivity index (χ1n) is 19.5. The lowest BCUT2D eigenvalue weighted by Gasteiger charge is -2.27. The van der Waals surface area contributed by atoms with Crippen LogP contribution < -0.4 is 0 Å². The van der Waals surface area contributed by atoms with E-state index >= 15 is 0 Å². The van der Waals surface area contributed by atoms with Gasteiger partial charge >= 0.3 is 0 Å². The Labute approximate surface area is 328 Å². The fraction of sp³-hybridized carbons (Fsp3) is 0.294. The molecule has 0 aliphatic heterocycles. The SMILES string of the molecule is CC(C)(C)c1cc(-c2cc(C(C)(C)c3ccccc3)ccn2)cc(-c2cccc3c2nc(-c2cc(C(C)(C)C)cc(C(C)(C)C)c2O)n3-c2ccccc2)c1. The highest BCUT2D eigenvalue weighted by Crippen LogP contribution is 2.45. The van der Waals surface area contributed by atoms with Crippen LogP contribution in [0, 0.1) is 0 Å². The molecular formula is C51H55N3O. The van der Waals surface area contributed by atoms with Crippen molar-refractivity contribution in [2.75, 3.05) is 0 Å². The molecule has 2 heterocycles. The quantitative estimate of drug-likeness (QED) is 0.186. The Hall–Kier alpha value is -5.48. The van der Waals surface area contributed by atoms with Crippen molar-refractivity contribution in [2.24, 2.45) is 0 Å². The van der Waals surface area contributed by atoms with Gasteiger partial charge in [0.2, 0.25) is 0 Å². The first-order valence-corrected chi connectivity index (χ1v) is 19.5. The molecule has 4 heteroatoms. The Morgan fingerprint density at radius 2 is 1.13 bits per heavy atom. The average Bonchev–Trinajstić information content (AvgIpc) is 3.54. The fourth-order valence-electron chi connectivity index (χ4n) is 7.52. The zero-order valence-electron chi connectivity index (χ0n) is 34.4. The van der Waals surface area contributed by atoms with Crippen LogP contribution in [0.5, 0.6) is 5.75 Å². The summed E-state index contributed by atoms with van der Waals surface area (Å²) in [6.07, 6.45) is 1.94. The number of hydrogen-bond donors (Lipinski definition) is 1. The van der Waals surface area contributed by atoms with E-state index in [0.29, 0.717) is 5.82 Å². The van der Waals surface area contributed by atoms with Crippen molar-refractivity contribution in [1.82, 2.24) is 14.5 Å². The molecule has 4 nitrogen and oxygen atoms in total. The van der Waals surface area contributed by atoms with Crippen molar-refractivity contribution in [3.05, 3.63) is 155 Å². The Morgan fingerprint density at radius 1 is 0.509 bits per heavy atom. The Bertz CT molecular complexity index is 2500. The molecule has 7 aromatic rings. The molecule has 0 bridgehead atoms. The number of imidazole rings is 1. The van der Waals surface area contributed by atoms with E-state index in [1.807, 2.05) is 12.3 Å². The summed E-state index contributed by atoms with van der Waals surface area (Å²) in [5.74, 6) is 0.989. The van der Waals surface area contributed by atoms with Crippen LogP contribution in [0.3, 0.4) is 0 Å². The molecule has 0 unspecified atom stereocenters. The van der Waals surface area contributed by atoms with E-state index in [9.17, 15) is 5.11 Å². The van der Waals surface area contributed by atoms with Gasteiger partial charge in [0.05, 0.1) is 22.3 Å². The Morgan fingerprint density at radius 3 is 1.76 bits per heavy atom. The van der Waals surface area contributed by atoms with Gasteiger partial charge in [0.25, 0.3) is 0 Å². The lowest BCUT2D eigenvalue weighted by Crippen LogP contribution is -2.19. The predicted molar refractivity (Wildman–Crippen MR) is 232 cm³/mol. The van der Waals surface area contributed by atoms with Crippen molar-refractivity contribution in [3.63, 3.8) is 0 Å². The molecule has 0 aliphatic carbocycles. The maximum atomic E-state index is 12.1. The lowest BCUT2D eigenvalue weighted by molar-refractivity contribution is 0.446. The maximum absolute atomic E-state index is 12.1. The van der Waals surface area contributed by atoms with Gasteiger partial charge in [-0.15, -0.1) is 0 Å². The minimum Gasteiger partial charge on any atom is -0.507 e. The molecule has 0 amide bonds. The van der Waals surface area contributed by atoms with Crippen molar-refractivity contribution in [1.29, 1.82) is 0 Å². The number of phenolic OH excluding ortho intramolecular Hbond substituents is 1. The Balaban J connectivity index is 1.49. The predicted octanol–water partition coefficient (Wildman–Crippen LogP) is 13.3. The number of fused-ring (bicyclic) bond motifs is 1. The molecule has 7 rings (SSSR count). The van der Waals surface area contributed by atoms with Crippen LogP contribution in [0.25, 0.3) is 50.5 Å². The van der Waals surface area contributed by atoms with Gasteiger partial charge < -0.3 is 5.11 Å². The van der Waals surface area contributed by atoms with Gasteiger partial charge in [-0.3, -0.25) is 9.55 Å². The van der Waals surface area contributed by atoms with Crippen LogP contribution in [0.15, 0.2) is 128 Å². The monoisotopic (exact) mass is 725 g/mol. The standard InChI is InChI=1S/C51H55N3O/c1-48(2,3)37-28-33(27-34(29-37)43-32-36(25-26-52-43)51(10,11)35-19-14-12-15-20-35)40-23-18-24-44-45(40)53-47(54(44)39-21-16-13-17-22-39)41-30-38(49(4,5)6)31-42(46(41)55)50(7,8)9/h12-32,55H,1-11H3. The van der Waals surface area contributed by atoms with Gasteiger partial charge in [0, 0.05) is 34.0 Å². The third-order valence-electron chi connectivity index (χ3n) is 11.1. The molecule has 0 saturated heterocycles. The van der Waals surface area contributed by atoms with Crippen molar-refractivity contribution >= 4 is 11.0 Å². The molecule has 0 spiro atoms. The Kier molecular flexibility index (Phi) is 9.40. The van der Waals surface area contributed by atoms with Crippen LogP contribution in [0.4, 0.5) is 0 Å². The van der Waals surface area contributed by atoms with Crippen molar-refractivity contribution in [2.45, 2.75) is 97.8 Å². The molecule has 0 atom stereocenters. The summed E-state index contributed by atoms with van der Waals surface area (Å²) in [7, 11) is 0. The summed E-state index contributed by atoms with van der Waals surface area (Å²) in [6, 6.07) is 43.1. The van der Waals surface area contributed by atoms with E-state index in [4.69, 9.17) is 9.97 Å². The van der Waals surface area contributed by atoms with Crippen LogP contribution in [-0.4, -0.2) is 19.6 Å². The number of benzene rings is 5. The summed E-state index contributed by atoms with van der Waals surface area (Å²) in [4.78, 5) is 10.5. The highest BCUT2D eigenvalue weighted by atomic mass is 16.3. The smallest absolute Gasteiger partial charge is 0.149 e. The molecule has 0 aliphatic rings. The third kappa shape index (κ3) is 7.23. The fourth-order valence-corrected chi connectivity index (χ4v) is 7.52. The zero-order chi connectivity index (χ0) is 39.5. The summed E-state index contributed by atoms with van der Waals surface area (Å²) in [5.41, 5.74) is 12.7. The first-order chi connectivity index (χ1) is 25.8. The zero-order valence-corrected chi connectivity index (χ0v) is 34.4. The molecule has 280 valence electrons. The summed E-state index contributed by atoms with van der Waals surface area (Å²) in [5, 5.41) is 12.1. The number of aromatic nitrogens is 3. The number of hydrogen-bond acceptors (Lipinski definition) is 3. The molecule has 0 radical (unpaired) electrons. The summed E-state index contributed by atoms with van der Waals surface area (Å²) >= 11 is 0. The first kappa shape index (κ1) is 37.8. The number of phenols is 1. The molecule has 55 heavy (non-hydrogen) atoms. The normalized spacial score (nSPS) is 12.7. The number of para-hydroxylation sites is 2. The molecule has 0 fully saturated rings. The summed E-state index contributed by atoms with van der Waals surface area (Å²) < 4.78 is 2.21. The van der Waals surface area contributed by atoms with E-state index < -0.39 is 0 Å². The minimum absolute atomic E-state index is 0.114. The highest BCUT2D eigenvalue weighted by molar-refractivity contribution is 5.97. The van der Waals surface area contributed by atoms with Crippen LogP contribution in [0.2, 0.25) is 0 Å². The third-order valence-corrected chi connectivity index (χ3v) is 11.1. The number of pyridine rings is 1. The van der Waals surface area contributed by atoms with Crippen LogP contribution in [-0.2, 0) is 21.7 Å². The molecular weight excluding hydrogens is 671 g/mol. The molecule has 2 aromatic heterocycles. The van der Waals surface area contributed by atoms with E-state index in [-0.39, 0.29) is 27.4 Å². The second kappa shape index (κ2) is 13.7. The van der Waals surface area contributed by atoms with Gasteiger partial charge in [-0.25, -0.2) is 4.98 Å². The highest BCUT2D eigenvalue weighted by Gasteiger charge is 2.29. The number of nitrogens with zero attached hydrogens (tertiary/aromatic N) is 3. The second-order valence-electron chi connectivity index (χ2n) is 18.7. The van der Waals surface area contributed by atoms with E-state index in [0.717, 1.165) is 55.8 Å². The van der Waals surface area contributed by atoms with Crippen LogP contribution in [0.1, 0.15) is 104 Å². The van der Waals surface area contributed by atoms with Crippen LogP contribution >= 0.6 is 0 Å². The van der Waals surface area contributed by atoms with Crippen molar-refractivity contribution < 1.29 is 5.11 Å². The van der Waals surface area contributed by atoms with E-state index in [1.165, 1.54) is 16.7 Å². The average molecular weight is 726 g/mol. The summed E-state index contributed by atoms with van der Waals surface area (Å²) in [6.45, 7) is 24.5. The van der Waals surface area contributed by atoms with Gasteiger partial charge in [-0.05, 0) is 92.6 Å².